The maximum Gasteiger partial charge on any atom is 0.0507 e. The molecule has 0 aromatic heterocycles. The van der Waals surface area contributed by atoms with Crippen LogP contribution in [0.5, 0.6) is 0 Å². The Balaban J connectivity index is 2.11. The largest absolute Gasteiger partial charge is 0.326 e. The summed E-state index contributed by atoms with van der Waals surface area (Å²) < 4.78 is 12.7. The number of rotatable bonds is 3. The van der Waals surface area contributed by atoms with Crippen LogP contribution in [-0.4, -0.2) is 15.5 Å². The first-order chi connectivity index (χ1) is 9.29. The zero-order valence-electron chi connectivity index (χ0n) is 13.1. The molecule has 0 heterocycles. The fraction of sp³-hybridized carbons (Fsp3) is 0.647. The maximum atomic E-state index is 12.7. The molecule has 1 aromatic carbocycles. The third kappa shape index (κ3) is 3.50. The lowest BCUT2D eigenvalue weighted by Gasteiger charge is -2.41. The van der Waals surface area contributed by atoms with Crippen molar-refractivity contribution in [1.82, 2.24) is 0 Å². The fourth-order valence-electron chi connectivity index (χ4n) is 3.33. The molecular weight excluding hydrogens is 266 g/mol. The van der Waals surface area contributed by atoms with Gasteiger partial charge in [0.25, 0.3) is 0 Å². The van der Waals surface area contributed by atoms with E-state index < -0.39 is 10.8 Å². The lowest BCUT2D eigenvalue weighted by atomic mass is 9.73. The minimum absolute atomic E-state index is 0.0444. The molecule has 0 aliphatic heterocycles. The van der Waals surface area contributed by atoms with Crippen molar-refractivity contribution in [2.45, 2.75) is 64.0 Å². The normalized spacial score (nSPS) is 27.2. The van der Waals surface area contributed by atoms with E-state index in [0.29, 0.717) is 5.75 Å². The molecule has 1 aliphatic carbocycles. The van der Waals surface area contributed by atoms with Crippen molar-refractivity contribution in [2.24, 2.45) is 11.1 Å². The van der Waals surface area contributed by atoms with Crippen LogP contribution in [0, 0.1) is 19.3 Å². The van der Waals surface area contributed by atoms with Crippen molar-refractivity contribution in [3.63, 3.8) is 0 Å². The number of hydrogen-bond acceptors (Lipinski definition) is 2. The van der Waals surface area contributed by atoms with E-state index in [1.807, 2.05) is 0 Å². The molecule has 2 rings (SSSR count). The average molecular weight is 293 g/mol. The van der Waals surface area contributed by atoms with Gasteiger partial charge in [0, 0.05) is 22.6 Å². The Hall–Kier alpha value is -0.670. The molecule has 1 aromatic rings. The first-order valence-electron chi connectivity index (χ1n) is 7.49. The summed E-state index contributed by atoms with van der Waals surface area (Å²) in [7, 11) is -0.876. The van der Waals surface area contributed by atoms with Crippen LogP contribution < -0.4 is 5.73 Å². The fourth-order valence-corrected chi connectivity index (χ4v) is 5.16. The highest BCUT2D eigenvalue weighted by atomic mass is 32.2. The van der Waals surface area contributed by atoms with Gasteiger partial charge in [0.2, 0.25) is 0 Å². The minimum atomic E-state index is -0.876. The molecular formula is C17H27NOS. The second-order valence-electron chi connectivity index (χ2n) is 6.97. The minimum Gasteiger partial charge on any atom is -0.326 e. The summed E-state index contributed by atoms with van der Waals surface area (Å²) in [6.45, 7) is 8.60. The third-order valence-corrected chi connectivity index (χ3v) is 6.36. The monoisotopic (exact) mass is 293 g/mol. The number of hydrogen-bond donors (Lipinski definition) is 1. The summed E-state index contributed by atoms with van der Waals surface area (Å²) in [5.74, 6) is 0.636. The van der Waals surface area contributed by atoms with Crippen LogP contribution in [0.4, 0.5) is 0 Å². The van der Waals surface area contributed by atoms with Gasteiger partial charge < -0.3 is 5.73 Å². The van der Waals surface area contributed by atoms with Gasteiger partial charge in [0.05, 0.1) is 5.25 Å². The maximum absolute atomic E-state index is 12.7. The molecule has 0 bridgehead atoms. The van der Waals surface area contributed by atoms with Gasteiger partial charge in [-0.1, -0.05) is 49.6 Å². The molecule has 1 fully saturated rings. The predicted octanol–water partition coefficient (Wildman–Crippen LogP) is 3.46. The molecule has 112 valence electrons. The number of benzene rings is 1. The van der Waals surface area contributed by atoms with E-state index >= 15 is 0 Å². The molecule has 3 atom stereocenters. The lowest BCUT2D eigenvalue weighted by Crippen LogP contribution is -2.51. The van der Waals surface area contributed by atoms with Crippen LogP contribution in [0.15, 0.2) is 18.2 Å². The third-order valence-electron chi connectivity index (χ3n) is 4.54. The van der Waals surface area contributed by atoms with Crippen LogP contribution in [0.2, 0.25) is 0 Å². The van der Waals surface area contributed by atoms with Crippen molar-refractivity contribution >= 4 is 10.8 Å². The first kappa shape index (κ1) is 15.7. The van der Waals surface area contributed by atoms with Crippen molar-refractivity contribution in [2.75, 3.05) is 0 Å². The first-order valence-corrected chi connectivity index (χ1v) is 8.88. The lowest BCUT2D eigenvalue weighted by molar-refractivity contribution is 0.206. The quantitative estimate of drug-likeness (QED) is 0.927. The highest BCUT2D eigenvalue weighted by molar-refractivity contribution is 7.84. The number of nitrogens with two attached hydrogens (primary N) is 1. The van der Waals surface area contributed by atoms with Gasteiger partial charge in [-0.3, -0.25) is 4.21 Å². The van der Waals surface area contributed by atoms with Crippen LogP contribution in [-0.2, 0) is 16.6 Å². The van der Waals surface area contributed by atoms with Gasteiger partial charge in [-0.2, -0.15) is 0 Å². The van der Waals surface area contributed by atoms with Crippen LogP contribution in [0.1, 0.15) is 49.8 Å². The zero-order valence-corrected chi connectivity index (χ0v) is 13.9. The second-order valence-corrected chi connectivity index (χ2v) is 8.62. The van der Waals surface area contributed by atoms with Gasteiger partial charge >= 0.3 is 0 Å². The van der Waals surface area contributed by atoms with Crippen molar-refractivity contribution in [3.05, 3.63) is 34.9 Å². The molecule has 3 heteroatoms. The Morgan fingerprint density at radius 2 is 1.85 bits per heavy atom. The Labute approximate surface area is 125 Å². The molecule has 1 saturated carbocycles. The Kier molecular flexibility index (Phi) is 4.70. The summed E-state index contributed by atoms with van der Waals surface area (Å²) >= 11 is 0. The smallest absolute Gasteiger partial charge is 0.0507 e. The topological polar surface area (TPSA) is 43.1 Å². The van der Waals surface area contributed by atoms with Gasteiger partial charge in [0.15, 0.2) is 0 Å². The van der Waals surface area contributed by atoms with Crippen molar-refractivity contribution < 1.29 is 4.21 Å². The summed E-state index contributed by atoms with van der Waals surface area (Å²) in [6, 6.07) is 6.49. The van der Waals surface area contributed by atoms with E-state index in [4.69, 9.17) is 5.73 Å². The molecule has 2 N–H and O–H groups in total. The average Bonchev–Trinajstić information content (AvgIpc) is 2.31. The molecule has 1 aliphatic rings. The Bertz CT molecular complexity index is 489. The summed E-state index contributed by atoms with van der Waals surface area (Å²) in [6.07, 6.45) is 3.29. The Morgan fingerprint density at radius 1 is 1.25 bits per heavy atom. The van der Waals surface area contributed by atoms with E-state index in [2.05, 4.69) is 45.9 Å². The molecule has 0 amide bonds. The van der Waals surface area contributed by atoms with E-state index in [9.17, 15) is 4.21 Å². The van der Waals surface area contributed by atoms with E-state index in [0.717, 1.165) is 19.3 Å². The van der Waals surface area contributed by atoms with Gasteiger partial charge in [-0.15, -0.1) is 0 Å². The molecule has 0 radical (unpaired) electrons. The highest BCUT2D eigenvalue weighted by Crippen LogP contribution is 2.37. The molecule has 0 spiro atoms. The van der Waals surface area contributed by atoms with Crippen LogP contribution >= 0.6 is 0 Å². The summed E-state index contributed by atoms with van der Waals surface area (Å²) in [5.41, 5.74) is 10.1. The van der Waals surface area contributed by atoms with Crippen LogP contribution in [0.3, 0.4) is 0 Å². The molecule has 3 unspecified atom stereocenters. The summed E-state index contributed by atoms with van der Waals surface area (Å²) in [5, 5.41) is 0.138. The van der Waals surface area contributed by atoms with Crippen molar-refractivity contribution in [3.8, 4) is 0 Å². The molecule has 0 saturated heterocycles. The number of aryl methyl sites for hydroxylation is 2. The van der Waals surface area contributed by atoms with Crippen LogP contribution in [0.25, 0.3) is 0 Å². The standard InChI is InChI=1S/C17H27NOS/c1-12-8-13(2)10-14(9-12)11-20(19)15-6-5-7-17(3,4)16(15)18/h8-10,15-16H,5-7,11,18H2,1-4H3. The molecule has 20 heavy (non-hydrogen) atoms. The SMILES string of the molecule is Cc1cc(C)cc(CS(=O)C2CCCC(C)(C)C2N)c1. The Morgan fingerprint density at radius 3 is 2.45 bits per heavy atom. The van der Waals surface area contributed by atoms with Crippen molar-refractivity contribution in [1.29, 1.82) is 0 Å². The molecule has 2 nitrogen and oxygen atoms in total. The van der Waals surface area contributed by atoms with Gasteiger partial charge in [-0.05, 0) is 37.7 Å². The zero-order chi connectivity index (χ0) is 14.9. The van der Waals surface area contributed by atoms with E-state index in [1.54, 1.807) is 0 Å². The predicted molar refractivity (Wildman–Crippen MR) is 87.2 cm³/mol. The van der Waals surface area contributed by atoms with E-state index in [-0.39, 0.29) is 16.7 Å². The van der Waals surface area contributed by atoms with Gasteiger partial charge in [-0.25, -0.2) is 0 Å². The summed E-state index contributed by atoms with van der Waals surface area (Å²) in [4.78, 5) is 0. The second kappa shape index (κ2) is 5.98. The van der Waals surface area contributed by atoms with Gasteiger partial charge in [0.1, 0.15) is 0 Å². The van der Waals surface area contributed by atoms with E-state index in [1.165, 1.54) is 16.7 Å². The highest BCUT2D eigenvalue weighted by Gasteiger charge is 2.39.